The van der Waals surface area contributed by atoms with Crippen molar-refractivity contribution in [3.63, 3.8) is 0 Å². The normalized spacial score (nSPS) is 47.1. The number of hydrogen-bond donors (Lipinski definition) is 3. The van der Waals surface area contributed by atoms with Gasteiger partial charge >= 0.3 is 0 Å². The largest absolute Gasteiger partial charge is 0.393 e. The summed E-state index contributed by atoms with van der Waals surface area (Å²) >= 11 is 0. The standard InChI is InChI=1S/C27H45NO2/c1-18-20(17-28)15-24-22(10-9-19-7-5-4-6-8-19)23(12-14-26(18,24)2)27(3)13-11-21(29)16-25(27)30/h7,20-25,29-30H,1,4-6,8-17,28H2,2-3H3/t20?,21?,22-,23?,24?,25?,26?,27?/m1/s1. The molecule has 0 saturated heterocycles. The second-order valence-corrected chi connectivity index (χ2v) is 11.6. The van der Waals surface area contributed by atoms with E-state index in [0.29, 0.717) is 30.1 Å². The molecule has 3 nitrogen and oxygen atoms in total. The third-order valence-electron chi connectivity index (χ3n) is 10.2. The summed E-state index contributed by atoms with van der Waals surface area (Å²) in [6.07, 6.45) is 15.4. The highest BCUT2D eigenvalue weighted by Crippen LogP contribution is 2.64. The first kappa shape index (κ1) is 22.6. The van der Waals surface area contributed by atoms with E-state index >= 15 is 0 Å². The van der Waals surface area contributed by atoms with Crippen LogP contribution in [0.4, 0.5) is 0 Å². The molecule has 4 aliphatic carbocycles. The molecule has 0 bridgehead atoms. The lowest BCUT2D eigenvalue weighted by Gasteiger charge is -2.56. The van der Waals surface area contributed by atoms with Gasteiger partial charge in [-0.3, -0.25) is 0 Å². The number of fused-ring (bicyclic) bond motifs is 1. The second kappa shape index (κ2) is 8.71. The number of aliphatic hydroxyl groups is 2. The molecule has 0 heterocycles. The highest BCUT2D eigenvalue weighted by Gasteiger charge is 2.58. The van der Waals surface area contributed by atoms with Crippen LogP contribution in [0.2, 0.25) is 0 Å². The third kappa shape index (κ3) is 3.84. The summed E-state index contributed by atoms with van der Waals surface area (Å²) in [7, 11) is 0. The minimum atomic E-state index is -0.387. The Morgan fingerprint density at radius 1 is 1.10 bits per heavy atom. The number of aliphatic hydroxyl groups excluding tert-OH is 2. The van der Waals surface area contributed by atoms with E-state index in [4.69, 9.17) is 5.73 Å². The van der Waals surface area contributed by atoms with Crippen molar-refractivity contribution in [2.24, 2.45) is 40.2 Å². The first-order valence-electron chi connectivity index (χ1n) is 12.7. The fraction of sp³-hybridized carbons (Fsp3) is 0.852. The molecule has 30 heavy (non-hydrogen) atoms. The number of allylic oxidation sites excluding steroid dienone is 2. The zero-order valence-corrected chi connectivity index (χ0v) is 19.4. The second-order valence-electron chi connectivity index (χ2n) is 11.6. The molecule has 0 aromatic heterocycles. The summed E-state index contributed by atoms with van der Waals surface area (Å²) in [5, 5.41) is 21.3. The molecule has 7 unspecified atom stereocenters. The molecule has 0 aliphatic heterocycles. The summed E-state index contributed by atoms with van der Waals surface area (Å²) in [6.45, 7) is 10.1. The van der Waals surface area contributed by atoms with E-state index in [9.17, 15) is 10.2 Å². The first-order valence-corrected chi connectivity index (χ1v) is 12.7. The summed E-state index contributed by atoms with van der Waals surface area (Å²) in [5.41, 5.74) is 9.39. The van der Waals surface area contributed by atoms with Crippen LogP contribution in [0.1, 0.15) is 90.9 Å². The Hall–Kier alpha value is -0.640. The molecular formula is C27H45NO2. The maximum Gasteiger partial charge on any atom is 0.0621 e. The van der Waals surface area contributed by atoms with Gasteiger partial charge in [-0.25, -0.2) is 0 Å². The van der Waals surface area contributed by atoms with Gasteiger partial charge in [0.25, 0.3) is 0 Å². The third-order valence-corrected chi connectivity index (χ3v) is 10.2. The molecule has 0 radical (unpaired) electrons. The Labute approximate surface area is 184 Å². The van der Waals surface area contributed by atoms with E-state index in [1.165, 1.54) is 63.4 Å². The first-order chi connectivity index (χ1) is 14.3. The van der Waals surface area contributed by atoms with Gasteiger partial charge in [0.05, 0.1) is 12.2 Å². The van der Waals surface area contributed by atoms with Gasteiger partial charge in [-0.15, -0.1) is 0 Å². The molecule has 0 amide bonds. The Kier molecular flexibility index (Phi) is 6.55. The topological polar surface area (TPSA) is 66.5 Å². The van der Waals surface area contributed by atoms with Crippen LogP contribution in [0.3, 0.4) is 0 Å². The van der Waals surface area contributed by atoms with Crippen molar-refractivity contribution in [2.75, 3.05) is 6.54 Å². The van der Waals surface area contributed by atoms with Gasteiger partial charge in [0.1, 0.15) is 0 Å². The van der Waals surface area contributed by atoms with E-state index < -0.39 is 0 Å². The van der Waals surface area contributed by atoms with Crippen molar-refractivity contribution in [2.45, 2.75) is 103 Å². The van der Waals surface area contributed by atoms with Crippen LogP contribution in [-0.2, 0) is 0 Å². The summed E-state index contributed by atoms with van der Waals surface area (Å²) in [6, 6.07) is 0. The van der Waals surface area contributed by atoms with Crippen molar-refractivity contribution in [3.8, 4) is 0 Å². The molecule has 3 heteroatoms. The lowest BCUT2D eigenvalue weighted by Crippen LogP contribution is -2.52. The van der Waals surface area contributed by atoms with Crippen molar-refractivity contribution in [3.05, 3.63) is 23.8 Å². The Balaban J connectivity index is 1.62. The predicted octanol–water partition coefficient (Wildman–Crippen LogP) is 5.36. The molecule has 0 spiro atoms. The highest BCUT2D eigenvalue weighted by atomic mass is 16.3. The average Bonchev–Trinajstić information content (AvgIpc) is 3.00. The van der Waals surface area contributed by atoms with Crippen LogP contribution < -0.4 is 5.73 Å². The quantitative estimate of drug-likeness (QED) is 0.529. The lowest BCUT2D eigenvalue weighted by molar-refractivity contribution is -0.120. The minimum Gasteiger partial charge on any atom is -0.393 e. The van der Waals surface area contributed by atoms with Gasteiger partial charge in [0, 0.05) is 0 Å². The van der Waals surface area contributed by atoms with E-state index in [-0.39, 0.29) is 23.0 Å². The number of hydrogen-bond acceptors (Lipinski definition) is 3. The van der Waals surface area contributed by atoms with Crippen LogP contribution in [-0.4, -0.2) is 29.0 Å². The van der Waals surface area contributed by atoms with Gasteiger partial charge in [-0.05, 0) is 118 Å². The maximum absolute atomic E-state index is 11.1. The van der Waals surface area contributed by atoms with E-state index in [1.54, 1.807) is 5.57 Å². The maximum atomic E-state index is 11.1. The monoisotopic (exact) mass is 415 g/mol. The van der Waals surface area contributed by atoms with Gasteiger partial charge in [-0.2, -0.15) is 0 Å². The van der Waals surface area contributed by atoms with E-state index in [2.05, 4.69) is 26.5 Å². The molecule has 0 aromatic carbocycles. The minimum absolute atomic E-state index is 0.0751. The van der Waals surface area contributed by atoms with Crippen LogP contribution in [0, 0.1) is 34.5 Å². The summed E-state index contributed by atoms with van der Waals surface area (Å²) in [5.74, 6) is 2.25. The molecule has 3 saturated carbocycles. The van der Waals surface area contributed by atoms with Gasteiger partial charge < -0.3 is 15.9 Å². The molecule has 3 fully saturated rings. The van der Waals surface area contributed by atoms with Crippen molar-refractivity contribution >= 4 is 0 Å². The van der Waals surface area contributed by atoms with Crippen molar-refractivity contribution in [1.82, 2.24) is 0 Å². The van der Waals surface area contributed by atoms with Gasteiger partial charge in [0.2, 0.25) is 0 Å². The molecule has 4 aliphatic rings. The molecule has 8 atom stereocenters. The molecule has 4 N–H and O–H groups in total. The van der Waals surface area contributed by atoms with Crippen LogP contribution in [0.15, 0.2) is 23.8 Å². The summed E-state index contributed by atoms with van der Waals surface area (Å²) in [4.78, 5) is 0. The molecule has 170 valence electrons. The summed E-state index contributed by atoms with van der Waals surface area (Å²) < 4.78 is 0. The zero-order valence-electron chi connectivity index (χ0n) is 19.4. The average molecular weight is 416 g/mol. The molecule has 4 rings (SSSR count). The predicted molar refractivity (Wildman–Crippen MR) is 124 cm³/mol. The lowest BCUT2D eigenvalue weighted by atomic mass is 9.50. The zero-order chi connectivity index (χ0) is 21.5. The fourth-order valence-electron chi connectivity index (χ4n) is 8.02. The number of rotatable bonds is 5. The van der Waals surface area contributed by atoms with Gasteiger partial charge in [-0.1, -0.05) is 37.6 Å². The van der Waals surface area contributed by atoms with Crippen LogP contribution in [0.25, 0.3) is 0 Å². The van der Waals surface area contributed by atoms with Crippen molar-refractivity contribution < 1.29 is 10.2 Å². The smallest absolute Gasteiger partial charge is 0.0621 e. The van der Waals surface area contributed by atoms with Crippen LogP contribution in [0.5, 0.6) is 0 Å². The SMILES string of the molecule is C=C1C(CN)CC2[C@H](CCC3=CCCCC3)C(C3(C)CCC(O)CC3O)CCC12C. The molecular weight excluding hydrogens is 370 g/mol. The van der Waals surface area contributed by atoms with Crippen LogP contribution >= 0.6 is 0 Å². The Morgan fingerprint density at radius 3 is 2.57 bits per heavy atom. The highest BCUT2D eigenvalue weighted by molar-refractivity contribution is 5.24. The van der Waals surface area contributed by atoms with Crippen molar-refractivity contribution in [1.29, 1.82) is 0 Å². The van der Waals surface area contributed by atoms with E-state index in [0.717, 1.165) is 19.4 Å². The fourth-order valence-corrected chi connectivity index (χ4v) is 8.02. The molecule has 0 aromatic rings. The van der Waals surface area contributed by atoms with Gasteiger partial charge in [0.15, 0.2) is 0 Å². The Morgan fingerprint density at radius 2 is 1.90 bits per heavy atom. The van der Waals surface area contributed by atoms with E-state index in [1.807, 2.05) is 0 Å². The number of nitrogens with two attached hydrogens (primary N) is 1. The Bertz CT molecular complexity index is 672.